The zero-order chi connectivity index (χ0) is 18.5. The molecule has 7 nitrogen and oxygen atoms in total. The van der Waals surface area contributed by atoms with Crippen LogP contribution in [-0.4, -0.2) is 64.0 Å². The van der Waals surface area contributed by atoms with Gasteiger partial charge in [0.05, 0.1) is 12.5 Å². The highest BCUT2D eigenvalue weighted by molar-refractivity contribution is 5.95. The summed E-state index contributed by atoms with van der Waals surface area (Å²) in [6.45, 7) is 2.17. The molecule has 3 rings (SSSR count). The van der Waals surface area contributed by atoms with E-state index < -0.39 is 6.61 Å². The minimum atomic E-state index is -0.493. The summed E-state index contributed by atoms with van der Waals surface area (Å²) in [6, 6.07) is 7.80. The predicted octanol–water partition coefficient (Wildman–Crippen LogP) is 0.957. The van der Waals surface area contributed by atoms with Crippen LogP contribution in [0.3, 0.4) is 0 Å². The molecule has 0 atom stereocenters. The molecule has 1 amide bonds. The summed E-state index contributed by atoms with van der Waals surface area (Å²) in [5.74, 6) is -0.335. The fraction of sp³-hybridized carbons (Fsp3) is 0.316. The monoisotopic (exact) mass is 354 g/mol. The first-order chi connectivity index (χ1) is 12.6. The highest BCUT2D eigenvalue weighted by Gasteiger charge is 2.24. The number of para-hydroxylation sites is 1. The highest BCUT2D eigenvalue weighted by atomic mass is 16.3. The second-order valence-corrected chi connectivity index (χ2v) is 6.19. The molecule has 1 N–H and O–H groups in total. The summed E-state index contributed by atoms with van der Waals surface area (Å²) in [5.41, 5.74) is 2.52. The van der Waals surface area contributed by atoms with Gasteiger partial charge in [0.2, 0.25) is 0 Å². The Kier molecular flexibility index (Phi) is 5.48. The third kappa shape index (κ3) is 3.83. The van der Waals surface area contributed by atoms with Crippen LogP contribution in [0, 0.1) is 0 Å². The highest BCUT2D eigenvalue weighted by Crippen LogP contribution is 2.23. The SMILES string of the molecule is Cn1cncc1C(=O)N1CCN(c2ccccc2/C=C/C(=O)CO)CC1. The van der Waals surface area contributed by atoms with Gasteiger partial charge in [-0.3, -0.25) is 9.59 Å². The van der Waals surface area contributed by atoms with E-state index in [0.29, 0.717) is 31.9 Å². The number of imidazole rings is 1. The van der Waals surface area contributed by atoms with Gasteiger partial charge in [-0.05, 0) is 23.8 Å². The van der Waals surface area contributed by atoms with Crippen LogP contribution >= 0.6 is 0 Å². The van der Waals surface area contributed by atoms with Gasteiger partial charge in [0.1, 0.15) is 12.3 Å². The van der Waals surface area contributed by atoms with Crippen LogP contribution < -0.4 is 4.90 Å². The summed E-state index contributed by atoms with van der Waals surface area (Å²) in [4.78, 5) is 32.0. The van der Waals surface area contributed by atoms with Gasteiger partial charge in [-0.1, -0.05) is 18.2 Å². The van der Waals surface area contributed by atoms with Crippen LogP contribution in [0.4, 0.5) is 5.69 Å². The molecule has 2 heterocycles. The number of piperazine rings is 1. The number of aliphatic hydroxyl groups is 1. The lowest BCUT2D eigenvalue weighted by Crippen LogP contribution is -2.49. The van der Waals surface area contributed by atoms with Crippen LogP contribution in [0.25, 0.3) is 6.08 Å². The van der Waals surface area contributed by atoms with Crippen molar-refractivity contribution in [1.82, 2.24) is 14.5 Å². The number of amides is 1. The van der Waals surface area contributed by atoms with Crippen molar-refractivity contribution in [2.75, 3.05) is 37.7 Å². The molecule has 136 valence electrons. The van der Waals surface area contributed by atoms with E-state index >= 15 is 0 Å². The number of aliphatic hydroxyl groups excluding tert-OH is 1. The van der Waals surface area contributed by atoms with E-state index in [1.165, 1.54) is 6.08 Å². The molecule has 0 bridgehead atoms. The van der Waals surface area contributed by atoms with Crippen molar-refractivity contribution in [2.24, 2.45) is 7.05 Å². The molecule has 0 saturated carbocycles. The average Bonchev–Trinajstić information content (AvgIpc) is 3.11. The van der Waals surface area contributed by atoms with Crippen LogP contribution in [0.5, 0.6) is 0 Å². The van der Waals surface area contributed by atoms with Crippen LogP contribution in [-0.2, 0) is 11.8 Å². The molecule has 26 heavy (non-hydrogen) atoms. The largest absolute Gasteiger partial charge is 0.388 e. The standard InChI is InChI=1S/C19H22N4O3/c1-21-14-20-12-18(21)19(26)23-10-8-22(9-11-23)17-5-3-2-4-15(17)6-7-16(25)13-24/h2-7,12,14,24H,8-11,13H2,1H3/b7-6+. The fourth-order valence-electron chi connectivity index (χ4n) is 3.03. The lowest BCUT2D eigenvalue weighted by atomic mass is 10.1. The van der Waals surface area contributed by atoms with E-state index in [9.17, 15) is 9.59 Å². The van der Waals surface area contributed by atoms with E-state index in [2.05, 4.69) is 9.88 Å². The lowest BCUT2D eigenvalue weighted by Gasteiger charge is -2.36. The van der Waals surface area contributed by atoms with Gasteiger partial charge in [0, 0.05) is 38.9 Å². The molecule has 0 spiro atoms. The number of anilines is 1. The number of aromatic nitrogens is 2. The molecule has 0 aliphatic carbocycles. The fourth-order valence-corrected chi connectivity index (χ4v) is 3.03. The Hall–Kier alpha value is -2.93. The Labute approximate surface area is 152 Å². The maximum Gasteiger partial charge on any atom is 0.272 e. The molecule has 1 fully saturated rings. The van der Waals surface area contributed by atoms with E-state index in [0.717, 1.165) is 11.3 Å². The van der Waals surface area contributed by atoms with Crippen molar-refractivity contribution in [2.45, 2.75) is 0 Å². The minimum absolute atomic E-state index is 0.00799. The predicted molar refractivity (Wildman–Crippen MR) is 98.9 cm³/mol. The van der Waals surface area contributed by atoms with Crippen LogP contribution in [0.15, 0.2) is 42.9 Å². The van der Waals surface area contributed by atoms with Gasteiger partial charge >= 0.3 is 0 Å². The lowest BCUT2D eigenvalue weighted by molar-refractivity contribution is -0.117. The Morgan fingerprint density at radius 2 is 1.92 bits per heavy atom. The number of carbonyl (C=O) groups excluding carboxylic acids is 2. The van der Waals surface area contributed by atoms with Crippen LogP contribution in [0.2, 0.25) is 0 Å². The van der Waals surface area contributed by atoms with Crippen molar-refractivity contribution in [1.29, 1.82) is 0 Å². The van der Waals surface area contributed by atoms with Gasteiger partial charge in [-0.15, -0.1) is 0 Å². The zero-order valence-electron chi connectivity index (χ0n) is 14.7. The smallest absolute Gasteiger partial charge is 0.272 e. The maximum absolute atomic E-state index is 12.6. The third-order valence-corrected chi connectivity index (χ3v) is 4.48. The minimum Gasteiger partial charge on any atom is -0.388 e. The maximum atomic E-state index is 12.6. The molecular formula is C19H22N4O3. The number of ketones is 1. The van der Waals surface area contributed by atoms with Gasteiger partial charge in [-0.2, -0.15) is 0 Å². The number of hydrogen-bond acceptors (Lipinski definition) is 5. The van der Waals surface area contributed by atoms with E-state index in [4.69, 9.17) is 5.11 Å². The van der Waals surface area contributed by atoms with E-state index in [1.54, 1.807) is 23.2 Å². The summed E-state index contributed by atoms with van der Waals surface area (Å²) >= 11 is 0. The summed E-state index contributed by atoms with van der Waals surface area (Å²) < 4.78 is 1.73. The number of carbonyl (C=O) groups is 2. The van der Waals surface area contributed by atoms with Gasteiger partial charge in [0.25, 0.3) is 5.91 Å². The van der Waals surface area contributed by atoms with Gasteiger partial charge in [-0.25, -0.2) is 4.98 Å². The molecule has 1 aromatic heterocycles. The summed E-state index contributed by atoms with van der Waals surface area (Å²) in [5, 5.41) is 8.85. The summed E-state index contributed by atoms with van der Waals surface area (Å²) in [7, 11) is 1.81. The molecule has 2 aromatic rings. The molecule has 1 aliphatic heterocycles. The molecule has 1 aromatic carbocycles. The molecule has 0 radical (unpaired) electrons. The van der Waals surface area contributed by atoms with Crippen molar-refractivity contribution < 1.29 is 14.7 Å². The number of nitrogens with zero attached hydrogens (tertiary/aromatic N) is 4. The van der Waals surface area contributed by atoms with Gasteiger partial charge < -0.3 is 19.5 Å². The molecule has 1 aliphatic rings. The van der Waals surface area contributed by atoms with E-state index in [-0.39, 0.29) is 11.7 Å². The first-order valence-corrected chi connectivity index (χ1v) is 8.51. The Morgan fingerprint density at radius 3 is 2.58 bits per heavy atom. The van der Waals surface area contributed by atoms with E-state index in [1.807, 2.05) is 36.2 Å². The Morgan fingerprint density at radius 1 is 1.19 bits per heavy atom. The molecule has 0 unspecified atom stereocenters. The zero-order valence-corrected chi connectivity index (χ0v) is 14.7. The topological polar surface area (TPSA) is 78.7 Å². The number of benzene rings is 1. The van der Waals surface area contributed by atoms with Crippen molar-refractivity contribution in [3.8, 4) is 0 Å². The average molecular weight is 354 g/mol. The normalized spacial score (nSPS) is 14.8. The Bertz CT molecular complexity index is 820. The van der Waals surface area contributed by atoms with Crippen LogP contribution in [0.1, 0.15) is 16.1 Å². The first-order valence-electron chi connectivity index (χ1n) is 8.51. The summed E-state index contributed by atoms with van der Waals surface area (Å²) in [6.07, 6.45) is 6.33. The molecular weight excluding hydrogens is 332 g/mol. The second kappa shape index (κ2) is 7.97. The second-order valence-electron chi connectivity index (χ2n) is 6.19. The number of hydrogen-bond donors (Lipinski definition) is 1. The Balaban J connectivity index is 1.69. The van der Waals surface area contributed by atoms with Crippen molar-refractivity contribution >= 4 is 23.5 Å². The number of aryl methyl sites for hydroxylation is 1. The quantitative estimate of drug-likeness (QED) is 0.809. The molecule has 1 saturated heterocycles. The first kappa shape index (κ1) is 17.9. The van der Waals surface area contributed by atoms with Crippen molar-refractivity contribution in [3.05, 3.63) is 54.1 Å². The van der Waals surface area contributed by atoms with Gasteiger partial charge in [0.15, 0.2) is 5.78 Å². The number of rotatable bonds is 5. The van der Waals surface area contributed by atoms with Crippen molar-refractivity contribution in [3.63, 3.8) is 0 Å². The molecule has 7 heteroatoms. The third-order valence-electron chi connectivity index (χ3n) is 4.48.